The summed E-state index contributed by atoms with van der Waals surface area (Å²) in [5, 5.41) is 12.5. The molecule has 0 bridgehead atoms. The summed E-state index contributed by atoms with van der Waals surface area (Å²) < 4.78 is 65.9. The number of halogens is 4. The molecule has 1 aliphatic rings. The van der Waals surface area contributed by atoms with Gasteiger partial charge in [0.1, 0.15) is 17.4 Å². The van der Waals surface area contributed by atoms with E-state index in [0.717, 1.165) is 12.1 Å². The van der Waals surface area contributed by atoms with Crippen molar-refractivity contribution in [1.29, 1.82) is 0 Å². The maximum absolute atomic E-state index is 14.4. The molecule has 2 aromatic heterocycles. The number of furan rings is 1. The molecule has 3 heterocycles. The van der Waals surface area contributed by atoms with Crippen LogP contribution in [0.4, 0.5) is 22.4 Å². The van der Waals surface area contributed by atoms with Crippen LogP contribution in [0, 0.1) is 5.82 Å². The van der Waals surface area contributed by atoms with Gasteiger partial charge in [0.05, 0.1) is 31.0 Å². The lowest BCUT2D eigenvalue weighted by molar-refractivity contribution is -0.251. The van der Waals surface area contributed by atoms with Crippen molar-refractivity contribution in [2.24, 2.45) is 0 Å². The first-order chi connectivity index (χ1) is 15.6. The summed E-state index contributed by atoms with van der Waals surface area (Å²) in [4.78, 5) is 28.6. The van der Waals surface area contributed by atoms with Crippen LogP contribution >= 0.6 is 0 Å². The van der Waals surface area contributed by atoms with E-state index in [1.165, 1.54) is 23.1 Å². The van der Waals surface area contributed by atoms with Gasteiger partial charge in [-0.3, -0.25) is 4.79 Å². The predicted octanol–water partition coefficient (Wildman–Crippen LogP) is 2.56. The number of nitrogens with zero attached hydrogens (tertiary/aromatic N) is 2. The summed E-state index contributed by atoms with van der Waals surface area (Å²) in [6.07, 6.45) is -6.42. The zero-order valence-electron chi connectivity index (χ0n) is 16.9. The smallest absolute Gasteiger partial charge is 0.420 e. The molecule has 1 aliphatic heterocycles. The van der Waals surface area contributed by atoms with Crippen LogP contribution in [0.3, 0.4) is 0 Å². The number of aromatic nitrogens is 1. The van der Waals surface area contributed by atoms with Crippen LogP contribution in [0.15, 0.2) is 34.7 Å². The Morgan fingerprint density at radius 3 is 2.55 bits per heavy atom. The second kappa shape index (κ2) is 8.70. The Bertz CT molecular complexity index is 1220. The van der Waals surface area contributed by atoms with Gasteiger partial charge in [-0.05, 0) is 30.3 Å². The predicted molar refractivity (Wildman–Crippen MR) is 103 cm³/mol. The monoisotopic (exact) mass is 466 g/mol. The zero-order chi connectivity index (χ0) is 23.8. The average molecular weight is 466 g/mol. The van der Waals surface area contributed by atoms with Crippen LogP contribution in [0.5, 0.6) is 0 Å². The number of carbonyl (C=O) groups is 2. The Hall–Kier alpha value is -3.67. The van der Waals surface area contributed by atoms with E-state index in [1.54, 1.807) is 0 Å². The number of amides is 2. The molecule has 0 atom stereocenters. The van der Waals surface area contributed by atoms with E-state index in [4.69, 9.17) is 9.15 Å². The van der Waals surface area contributed by atoms with Crippen molar-refractivity contribution in [2.75, 3.05) is 26.3 Å². The number of fused-ring (bicyclic) bond motifs is 1. The molecule has 0 radical (unpaired) electrons. The van der Waals surface area contributed by atoms with Gasteiger partial charge in [0.25, 0.3) is 5.91 Å². The molecular weight excluding hydrogens is 450 g/mol. The molecule has 0 spiro atoms. The van der Waals surface area contributed by atoms with Crippen LogP contribution in [0.1, 0.15) is 21.8 Å². The van der Waals surface area contributed by atoms with Crippen molar-refractivity contribution in [3.8, 4) is 11.3 Å². The maximum atomic E-state index is 14.4. The lowest BCUT2D eigenvalue weighted by Crippen LogP contribution is -2.41. The topological polar surface area (TPSA) is 108 Å². The largest absolute Gasteiger partial charge is 0.530 e. The molecule has 174 valence electrons. The zero-order valence-corrected chi connectivity index (χ0v) is 16.9. The first kappa shape index (κ1) is 22.5. The van der Waals surface area contributed by atoms with E-state index in [-0.39, 0.29) is 48.7 Å². The number of carbonyl (C=O) groups excluding carboxylic acids is 2. The van der Waals surface area contributed by atoms with Crippen molar-refractivity contribution in [3.63, 3.8) is 0 Å². The van der Waals surface area contributed by atoms with Crippen molar-refractivity contribution < 1.29 is 41.4 Å². The maximum Gasteiger partial charge on any atom is 0.420 e. The molecule has 4 rings (SSSR count). The van der Waals surface area contributed by atoms with E-state index in [0.29, 0.717) is 0 Å². The number of hydrogen-bond acceptors (Lipinski definition) is 6. The van der Waals surface area contributed by atoms with Crippen molar-refractivity contribution >= 4 is 23.0 Å². The van der Waals surface area contributed by atoms with Gasteiger partial charge in [0.2, 0.25) is 0 Å². The average Bonchev–Trinajstić information content (AvgIpc) is 3.19. The number of carboxylic acid groups (broad SMARTS) is 1. The van der Waals surface area contributed by atoms with Crippen molar-refractivity contribution in [2.45, 2.75) is 12.7 Å². The van der Waals surface area contributed by atoms with Gasteiger partial charge in [-0.25, -0.2) is 9.37 Å². The number of benzene rings is 1. The third-order valence-electron chi connectivity index (χ3n) is 5.02. The van der Waals surface area contributed by atoms with Crippen LogP contribution in [-0.2, 0) is 17.5 Å². The standard InChI is InChI=1S/C21H17F4N3O5/c22-15-1-2-16(27-17(15)19(29)28-3-5-32-6-4-28)11-7-12-8-13(10-26-20(30)31)33-18(12)14(9-11)21(23,24)25/h1-2,7-9,26H,3-6,10H2,(H,30,31)/p-1. The quantitative estimate of drug-likeness (QED) is 0.593. The van der Waals surface area contributed by atoms with E-state index in [1.807, 2.05) is 5.32 Å². The molecule has 1 saturated heterocycles. The highest BCUT2D eigenvalue weighted by molar-refractivity contribution is 5.93. The number of morpholine rings is 1. The molecule has 1 N–H and O–H groups in total. The lowest BCUT2D eigenvalue weighted by Gasteiger charge is -2.26. The minimum Gasteiger partial charge on any atom is -0.530 e. The number of nitrogens with one attached hydrogen (secondary N) is 1. The highest BCUT2D eigenvalue weighted by Crippen LogP contribution is 2.39. The molecule has 3 aromatic rings. The molecule has 0 aliphatic carbocycles. The fourth-order valence-corrected chi connectivity index (χ4v) is 3.48. The summed E-state index contributed by atoms with van der Waals surface area (Å²) in [5.41, 5.74) is -2.19. The van der Waals surface area contributed by atoms with Gasteiger partial charge in [-0.15, -0.1) is 0 Å². The van der Waals surface area contributed by atoms with Crippen LogP contribution in [0.2, 0.25) is 0 Å². The fourth-order valence-electron chi connectivity index (χ4n) is 3.48. The van der Waals surface area contributed by atoms with Gasteiger partial charge in [-0.2, -0.15) is 13.2 Å². The highest BCUT2D eigenvalue weighted by Gasteiger charge is 2.35. The minimum absolute atomic E-state index is 0.0222. The van der Waals surface area contributed by atoms with Gasteiger partial charge < -0.3 is 29.3 Å². The van der Waals surface area contributed by atoms with Gasteiger partial charge >= 0.3 is 6.18 Å². The molecule has 12 heteroatoms. The number of pyridine rings is 1. The molecule has 1 fully saturated rings. The fraction of sp³-hybridized carbons (Fsp3) is 0.286. The number of alkyl halides is 3. The van der Waals surface area contributed by atoms with E-state index >= 15 is 0 Å². The first-order valence-corrected chi connectivity index (χ1v) is 9.76. The molecule has 0 unspecified atom stereocenters. The Balaban J connectivity index is 1.77. The first-order valence-electron chi connectivity index (χ1n) is 9.76. The Labute approximate surface area is 183 Å². The van der Waals surface area contributed by atoms with Crippen LogP contribution in [0.25, 0.3) is 22.2 Å². The summed E-state index contributed by atoms with van der Waals surface area (Å²) >= 11 is 0. The second-order valence-corrected chi connectivity index (χ2v) is 7.23. The third-order valence-corrected chi connectivity index (χ3v) is 5.02. The highest BCUT2D eigenvalue weighted by atomic mass is 19.4. The molecule has 33 heavy (non-hydrogen) atoms. The van der Waals surface area contributed by atoms with Gasteiger partial charge in [-0.1, -0.05) is 0 Å². The molecule has 1 aromatic carbocycles. The third kappa shape index (κ3) is 4.75. The van der Waals surface area contributed by atoms with Gasteiger partial charge in [0, 0.05) is 24.0 Å². The van der Waals surface area contributed by atoms with Crippen LogP contribution in [-0.4, -0.2) is 48.2 Å². The Morgan fingerprint density at radius 1 is 1.15 bits per heavy atom. The van der Waals surface area contributed by atoms with Gasteiger partial charge in [0.15, 0.2) is 11.5 Å². The van der Waals surface area contributed by atoms with Crippen molar-refractivity contribution in [3.05, 3.63) is 53.2 Å². The summed E-state index contributed by atoms with van der Waals surface area (Å²) in [6, 6.07) is 5.50. The number of ether oxygens (including phenoxy) is 1. The molecular formula is C21H16F4N3O5-. The second-order valence-electron chi connectivity index (χ2n) is 7.23. The van der Waals surface area contributed by atoms with E-state index in [2.05, 4.69) is 4.98 Å². The van der Waals surface area contributed by atoms with E-state index < -0.39 is 47.4 Å². The number of rotatable bonds is 4. The van der Waals surface area contributed by atoms with Crippen LogP contribution < -0.4 is 10.4 Å². The summed E-state index contributed by atoms with van der Waals surface area (Å²) in [5.74, 6) is -1.65. The van der Waals surface area contributed by atoms with E-state index in [9.17, 15) is 32.3 Å². The normalized spacial score (nSPS) is 14.5. The Morgan fingerprint density at radius 2 is 1.88 bits per heavy atom. The SMILES string of the molecule is O=C([O-])NCc1cc2cc(-c3ccc(F)c(C(=O)N4CCOCC4)n3)cc(C(F)(F)F)c2o1. The molecule has 0 saturated carbocycles. The summed E-state index contributed by atoms with van der Waals surface area (Å²) in [7, 11) is 0. The number of hydrogen-bond donors (Lipinski definition) is 1. The summed E-state index contributed by atoms with van der Waals surface area (Å²) in [6.45, 7) is 0.664. The molecule has 8 nitrogen and oxygen atoms in total. The lowest BCUT2D eigenvalue weighted by atomic mass is 10.0. The molecule has 2 amide bonds. The minimum atomic E-state index is -4.81. The Kier molecular flexibility index (Phi) is 5.93. The van der Waals surface area contributed by atoms with Crippen molar-refractivity contribution in [1.82, 2.24) is 15.2 Å².